The molecule has 1 heterocycles. The first-order valence-electron chi connectivity index (χ1n) is 6.06. The fraction of sp³-hybridized carbons (Fsp3) is 0.909. The number of nitrogens with zero attached hydrogens (tertiary/aromatic N) is 4. The molecule has 0 aromatic carbocycles. The molecule has 0 saturated heterocycles. The topological polar surface area (TPSA) is 55.6 Å². The smallest absolute Gasteiger partial charge is 0.209 e. The standard InChI is InChI=1S/C11H23N5S/c1-11(2,3)6-5-9-17-10-13-14-15-16(10)8-7-12-4/h12H,5-9H2,1-4H3. The highest BCUT2D eigenvalue weighted by Gasteiger charge is 2.10. The molecule has 6 heteroatoms. The maximum Gasteiger partial charge on any atom is 0.209 e. The van der Waals surface area contributed by atoms with E-state index in [1.807, 2.05) is 11.7 Å². The van der Waals surface area contributed by atoms with Crippen LogP contribution in [0.3, 0.4) is 0 Å². The Labute approximate surface area is 108 Å². The van der Waals surface area contributed by atoms with Crippen LogP contribution in [-0.4, -0.2) is 39.6 Å². The van der Waals surface area contributed by atoms with Gasteiger partial charge in [-0.25, -0.2) is 4.68 Å². The minimum absolute atomic E-state index is 0.415. The summed E-state index contributed by atoms with van der Waals surface area (Å²) in [5.74, 6) is 1.08. The van der Waals surface area contributed by atoms with Crippen LogP contribution in [0.4, 0.5) is 0 Å². The Balaban J connectivity index is 2.29. The molecule has 0 aliphatic carbocycles. The van der Waals surface area contributed by atoms with Crippen molar-refractivity contribution in [1.29, 1.82) is 0 Å². The first-order chi connectivity index (χ1) is 8.03. The molecule has 0 spiro atoms. The van der Waals surface area contributed by atoms with Gasteiger partial charge in [0.15, 0.2) is 0 Å². The van der Waals surface area contributed by atoms with Crippen LogP contribution in [0.2, 0.25) is 0 Å². The fourth-order valence-corrected chi connectivity index (χ4v) is 2.27. The highest BCUT2D eigenvalue weighted by molar-refractivity contribution is 7.99. The average molecular weight is 257 g/mol. The van der Waals surface area contributed by atoms with Crippen LogP contribution in [0.1, 0.15) is 33.6 Å². The number of hydrogen-bond donors (Lipinski definition) is 1. The molecular formula is C11H23N5S. The molecule has 0 bridgehead atoms. The maximum atomic E-state index is 4.04. The average Bonchev–Trinajstić information content (AvgIpc) is 2.67. The third-order valence-electron chi connectivity index (χ3n) is 2.37. The Morgan fingerprint density at radius 3 is 2.76 bits per heavy atom. The van der Waals surface area contributed by atoms with Crippen molar-refractivity contribution in [3.05, 3.63) is 0 Å². The molecule has 0 atom stereocenters. The van der Waals surface area contributed by atoms with Gasteiger partial charge >= 0.3 is 0 Å². The van der Waals surface area contributed by atoms with Crippen molar-refractivity contribution in [3.8, 4) is 0 Å². The molecular weight excluding hydrogens is 234 g/mol. The van der Waals surface area contributed by atoms with Gasteiger partial charge < -0.3 is 5.32 Å². The number of rotatable bonds is 7. The first-order valence-corrected chi connectivity index (χ1v) is 7.05. The predicted molar refractivity (Wildman–Crippen MR) is 71.2 cm³/mol. The van der Waals surface area contributed by atoms with Crippen molar-refractivity contribution in [2.24, 2.45) is 5.41 Å². The summed E-state index contributed by atoms with van der Waals surface area (Å²) in [5, 5.41) is 15.8. The summed E-state index contributed by atoms with van der Waals surface area (Å²) in [7, 11) is 1.93. The van der Waals surface area contributed by atoms with Crippen molar-refractivity contribution < 1.29 is 0 Å². The number of likely N-dealkylation sites (N-methyl/N-ethyl adjacent to an activating group) is 1. The van der Waals surface area contributed by atoms with Gasteiger partial charge in [0.2, 0.25) is 5.16 Å². The molecule has 98 valence electrons. The predicted octanol–water partition coefficient (Wildman–Crippen LogP) is 1.81. The van der Waals surface area contributed by atoms with Gasteiger partial charge in [0.25, 0.3) is 0 Å². The van der Waals surface area contributed by atoms with Crippen LogP contribution in [-0.2, 0) is 6.54 Å². The van der Waals surface area contributed by atoms with E-state index in [2.05, 4.69) is 41.6 Å². The van der Waals surface area contributed by atoms with Gasteiger partial charge in [0.05, 0.1) is 6.54 Å². The summed E-state index contributed by atoms with van der Waals surface area (Å²) >= 11 is 1.74. The second-order valence-electron chi connectivity index (χ2n) is 5.30. The molecule has 0 aliphatic heterocycles. The lowest BCUT2D eigenvalue weighted by Crippen LogP contribution is -2.16. The molecule has 5 nitrogen and oxygen atoms in total. The zero-order chi connectivity index (χ0) is 12.7. The van der Waals surface area contributed by atoms with Crippen molar-refractivity contribution in [1.82, 2.24) is 25.5 Å². The van der Waals surface area contributed by atoms with Crippen molar-refractivity contribution in [2.45, 2.75) is 45.3 Å². The third kappa shape index (κ3) is 6.02. The normalized spacial score (nSPS) is 12.0. The van der Waals surface area contributed by atoms with Gasteiger partial charge in [-0.2, -0.15) is 0 Å². The Morgan fingerprint density at radius 2 is 2.12 bits per heavy atom. The van der Waals surface area contributed by atoms with E-state index in [4.69, 9.17) is 0 Å². The van der Waals surface area contributed by atoms with Crippen LogP contribution >= 0.6 is 11.8 Å². The molecule has 0 saturated carbocycles. The number of aromatic nitrogens is 4. The van der Waals surface area contributed by atoms with Crippen molar-refractivity contribution >= 4 is 11.8 Å². The van der Waals surface area contributed by atoms with E-state index in [0.29, 0.717) is 5.41 Å². The van der Waals surface area contributed by atoms with E-state index >= 15 is 0 Å². The zero-order valence-corrected chi connectivity index (χ0v) is 12.0. The van der Waals surface area contributed by atoms with Crippen molar-refractivity contribution in [3.63, 3.8) is 0 Å². The Morgan fingerprint density at radius 1 is 1.35 bits per heavy atom. The molecule has 1 rings (SSSR count). The van der Waals surface area contributed by atoms with E-state index in [1.165, 1.54) is 12.8 Å². The lowest BCUT2D eigenvalue weighted by atomic mass is 9.91. The van der Waals surface area contributed by atoms with Crippen molar-refractivity contribution in [2.75, 3.05) is 19.3 Å². The summed E-state index contributed by atoms with van der Waals surface area (Å²) < 4.78 is 1.86. The lowest BCUT2D eigenvalue weighted by Gasteiger charge is -2.17. The molecule has 0 amide bonds. The lowest BCUT2D eigenvalue weighted by molar-refractivity contribution is 0.374. The van der Waals surface area contributed by atoms with Gasteiger partial charge in [-0.1, -0.05) is 32.5 Å². The van der Waals surface area contributed by atoms with Crippen LogP contribution in [0, 0.1) is 5.41 Å². The molecule has 17 heavy (non-hydrogen) atoms. The van der Waals surface area contributed by atoms with E-state index in [0.717, 1.165) is 24.0 Å². The second kappa shape index (κ2) is 6.96. The van der Waals surface area contributed by atoms with Crippen LogP contribution in [0.15, 0.2) is 5.16 Å². The minimum Gasteiger partial charge on any atom is -0.318 e. The molecule has 1 aromatic rings. The highest BCUT2D eigenvalue weighted by Crippen LogP contribution is 2.23. The summed E-state index contributed by atoms with van der Waals surface area (Å²) in [6.07, 6.45) is 2.44. The van der Waals surface area contributed by atoms with E-state index in [9.17, 15) is 0 Å². The van der Waals surface area contributed by atoms with Crippen LogP contribution in [0.5, 0.6) is 0 Å². The summed E-state index contributed by atoms with van der Waals surface area (Å²) in [4.78, 5) is 0. The number of hydrogen-bond acceptors (Lipinski definition) is 5. The van der Waals surface area contributed by atoms with Gasteiger partial charge in [-0.3, -0.25) is 0 Å². The van der Waals surface area contributed by atoms with Gasteiger partial charge in [0.1, 0.15) is 0 Å². The summed E-state index contributed by atoms with van der Waals surface area (Å²) in [6.45, 7) is 8.53. The number of thioether (sulfide) groups is 1. The van der Waals surface area contributed by atoms with E-state index in [1.54, 1.807) is 11.8 Å². The zero-order valence-electron chi connectivity index (χ0n) is 11.2. The summed E-state index contributed by atoms with van der Waals surface area (Å²) in [6, 6.07) is 0. The number of tetrazole rings is 1. The van der Waals surface area contributed by atoms with Gasteiger partial charge in [-0.05, 0) is 35.7 Å². The molecule has 0 radical (unpaired) electrons. The first kappa shape index (κ1) is 14.4. The quantitative estimate of drug-likeness (QED) is 0.596. The van der Waals surface area contributed by atoms with Gasteiger partial charge in [-0.15, -0.1) is 5.10 Å². The molecule has 0 aliphatic rings. The maximum absolute atomic E-state index is 4.04. The Hall–Kier alpha value is -0.620. The largest absolute Gasteiger partial charge is 0.318 e. The molecule has 0 unspecified atom stereocenters. The van der Waals surface area contributed by atoms with Crippen LogP contribution < -0.4 is 5.32 Å². The number of nitrogens with one attached hydrogen (secondary N) is 1. The fourth-order valence-electron chi connectivity index (χ4n) is 1.42. The minimum atomic E-state index is 0.415. The molecule has 1 N–H and O–H groups in total. The second-order valence-corrected chi connectivity index (χ2v) is 6.36. The monoisotopic (exact) mass is 257 g/mol. The van der Waals surface area contributed by atoms with E-state index < -0.39 is 0 Å². The molecule has 1 aromatic heterocycles. The highest BCUT2D eigenvalue weighted by atomic mass is 32.2. The van der Waals surface area contributed by atoms with Gasteiger partial charge in [0, 0.05) is 12.3 Å². The Bertz CT molecular complexity index is 318. The molecule has 0 fully saturated rings. The Kier molecular flexibility index (Phi) is 5.91. The summed E-state index contributed by atoms with van der Waals surface area (Å²) in [5.41, 5.74) is 0.415. The third-order valence-corrected chi connectivity index (χ3v) is 3.42. The van der Waals surface area contributed by atoms with E-state index in [-0.39, 0.29) is 0 Å². The van der Waals surface area contributed by atoms with Crippen LogP contribution in [0.25, 0.3) is 0 Å². The SMILES string of the molecule is CNCCn1nnnc1SCCCC(C)(C)C.